The molecule has 0 bridgehead atoms. The first kappa shape index (κ1) is 16.3. The van der Waals surface area contributed by atoms with E-state index in [2.05, 4.69) is 5.32 Å². The van der Waals surface area contributed by atoms with Crippen molar-refractivity contribution in [2.24, 2.45) is 5.92 Å². The predicted octanol–water partition coefficient (Wildman–Crippen LogP) is 2.70. The number of hydrogen-bond acceptors (Lipinski definition) is 3. The zero-order chi connectivity index (χ0) is 16.2. The third-order valence-electron chi connectivity index (χ3n) is 4.51. The van der Waals surface area contributed by atoms with Gasteiger partial charge in [0, 0.05) is 25.6 Å². The maximum Gasteiger partial charge on any atom is 0.251 e. The van der Waals surface area contributed by atoms with Crippen LogP contribution in [0.5, 0.6) is 0 Å². The van der Waals surface area contributed by atoms with Crippen molar-refractivity contribution < 1.29 is 14.3 Å². The van der Waals surface area contributed by atoms with Gasteiger partial charge in [0.15, 0.2) is 0 Å². The van der Waals surface area contributed by atoms with Crippen LogP contribution >= 0.6 is 11.6 Å². The summed E-state index contributed by atoms with van der Waals surface area (Å²) in [5.74, 6) is -0.0328. The highest BCUT2D eigenvalue weighted by Crippen LogP contribution is 2.25. The van der Waals surface area contributed by atoms with Crippen LogP contribution in [-0.2, 0) is 14.3 Å². The van der Waals surface area contributed by atoms with E-state index in [9.17, 15) is 9.59 Å². The molecule has 124 valence electrons. The van der Waals surface area contributed by atoms with Crippen molar-refractivity contribution in [2.75, 3.05) is 25.0 Å². The number of anilines is 1. The van der Waals surface area contributed by atoms with Gasteiger partial charge in [-0.3, -0.25) is 9.59 Å². The Morgan fingerprint density at radius 1 is 1.17 bits per heavy atom. The van der Waals surface area contributed by atoms with Crippen molar-refractivity contribution in [1.29, 1.82) is 0 Å². The van der Waals surface area contributed by atoms with Crippen molar-refractivity contribution in [1.82, 2.24) is 4.90 Å². The van der Waals surface area contributed by atoms with Crippen LogP contribution in [-0.4, -0.2) is 42.5 Å². The fourth-order valence-corrected chi connectivity index (χ4v) is 3.32. The van der Waals surface area contributed by atoms with Crippen molar-refractivity contribution in [2.45, 2.75) is 31.8 Å². The first-order valence-corrected chi connectivity index (χ1v) is 8.49. The largest absolute Gasteiger partial charge is 0.368 e. The zero-order valence-corrected chi connectivity index (χ0v) is 13.7. The minimum atomic E-state index is -0.275. The van der Waals surface area contributed by atoms with E-state index >= 15 is 0 Å². The molecule has 23 heavy (non-hydrogen) atoms. The van der Waals surface area contributed by atoms with E-state index < -0.39 is 0 Å². The number of ether oxygens (including phenoxy) is 1. The van der Waals surface area contributed by atoms with Gasteiger partial charge in [0.25, 0.3) is 5.91 Å². The lowest BCUT2D eigenvalue weighted by atomic mass is 9.95. The number of hydrogen-bond donors (Lipinski definition) is 1. The molecule has 1 unspecified atom stereocenters. The SMILES string of the molecule is O=C(Nc1ccccc1Cl)C1CCN(C(=O)C2CCCO2)CC1. The second-order valence-corrected chi connectivity index (χ2v) is 6.48. The molecule has 5 nitrogen and oxygen atoms in total. The summed E-state index contributed by atoms with van der Waals surface area (Å²) in [5.41, 5.74) is 0.636. The van der Waals surface area contributed by atoms with Gasteiger partial charge in [-0.1, -0.05) is 23.7 Å². The smallest absolute Gasteiger partial charge is 0.251 e. The van der Waals surface area contributed by atoms with Crippen LogP contribution in [0.3, 0.4) is 0 Å². The van der Waals surface area contributed by atoms with Gasteiger partial charge in [-0.05, 0) is 37.8 Å². The summed E-state index contributed by atoms with van der Waals surface area (Å²) < 4.78 is 5.45. The van der Waals surface area contributed by atoms with Crippen molar-refractivity contribution in [3.8, 4) is 0 Å². The van der Waals surface area contributed by atoms with Crippen LogP contribution in [0.25, 0.3) is 0 Å². The third kappa shape index (κ3) is 3.85. The zero-order valence-electron chi connectivity index (χ0n) is 13.0. The number of benzene rings is 1. The molecule has 3 rings (SSSR count). The number of piperidine rings is 1. The molecule has 2 fully saturated rings. The summed E-state index contributed by atoms with van der Waals surface area (Å²) in [4.78, 5) is 26.5. The molecule has 0 saturated carbocycles. The number of rotatable bonds is 3. The Hall–Kier alpha value is -1.59. The molecule has 2 aliphatic heterocycles. The van der Waals surface area contributed by atoms with Gasteiger partial charge in [0.05, 0.1) is 10.7 Å². The molecule has 0 aromatic heterocycles. The van der Waals surface area contributed by atoms with Gasteiger partial charge < -0.3 is 15.0 Å². The highest BCUT2D eigenvalue weighted by Gasteiger charge is 2.32. The molecular formula is C17H21ClN2O3. The number of likely N-dealkylation sites (tertiary alicyclic amines) is 1. The molecule has 0 spiro atoms. The van der Waals surface area contributed by atoms with E-state index in [1.54, 1.807) is 12.1 Å². The summed E-state index contributed by atoms with van der Waals surface area (Å²) in [6, 6.07) is 7.20. The summed E-state index contributed by atoms with van der Waals surface area (Å²) in [6.07, 6.45) is 2.84. The number of carbonyl (C=O) groups excluding carboxylic acids is 2. The summed E-state index contributed by atoms with van der Waals surface area (Å²) in [7, 11) is 0. The molecule has 2 aliphatic rings. The molecule has 1 aromatic rings. The number of para-hydroxylation sites is 1. The van der Waals surface area contributed by atoms with E-state index in [-0.39, 0.29) is 23.8 Å². The Bertz CT molecular complexity index is 579. The standard InChI is InChI=1S/C17H21ClN2O3/c18-13-4-1-2-5-14(13)19-16(21)12-7-9-20(10-8-12)17(22)15-6-3-11-23-15/h1-2,4-5,12,15H,3,6-11H2,(H,19,21). The van der Waals surface area contributed by atoms with Crippen molar-refractivity contribution in [3.05, 3.63) is 29.3 Å². The molecule has 1 N–H and O–H groups in total. The Balaban J connectivity index is 1.51. The van der Waals surface area contributed by atoms with Crippen LogP contribution < -0.4 is 5.32 Å². The summed E-state index contributed by atoms with van der Waals surface area (Å²) >= 11 is 6.06. The number of amides is 2. The average Bonchev–Trinajstić information content (AvgIpc) is 3.11. The Morgan fingerprint density at radius 3 is 2.57 bits per heavy atom. The quantitative estimate of drug-likeness (QED) is 0.923. The lowest BCUT2D eigenvalue weighted by molar-refractivity contribution is -0.143. The van der Waals surface area contributed by atoms with E-state index in [1.165, 1.54) is 0 Å². The van der Waals surface area contributed by atoms with Crippen LogP contribution in [0.4, 0.5) is 5.69 Å². The maximum atomic E-state index is 12.4. The summed E-state index contributed by atoms with van der Waals surface area (Å²) in [6.45, 7) is 1.89. The van der Waals surface area contributed by atoms with E-state index in [4.69, 9.17) is 16.3 Å². The minimum Gasteiger partial charge on any atom is -0.368 e. The molecule has 2 heterocycles. The van der Waals surface area contributed by atoms with E-state index in [0.717, 1.165) is 12.8 Å². The lowest BCUT2D eigenvalue weighted by Crippen LogP contribution is -2.45. The van der Waals surface area contributed by atoms with Crippen LogP contribution in [0.1, 0.15) is 25.7 Å². The maximum absolute atomic E-state index is 12.4. The molecule has 1 atom stereocenters. The highest BCUT2D eigenvalue weighted by molar-refractivity contribution is 6.33. The first-order valence-electron chi connectivity index (χ1n) is 8.11. The first-order chi connectivity index (χ1) is 11.1. The molecule has 0 aliphatic carbocycles. The number of nitrogens with zero attached hydrogens (tertiary/aromatic N) is 1. The highest BCUT2D eigenvalue weighted by atomic mass is 35.5. The van der Waals surface area contributed by atoms with Gasteiger partial charge in [-0.2, -0.15) is 0 Å². The normalized spacial score (nSPS) is 22.1. The molecule has 0 radical (unpaired) electrons. The van der Waals surface area contributed by atoms with E-state index in [1.807, 2.05) is 17.0 Å². The second-order valence-electron chi connectivity index (χ2n) is 6.07. The Kier molecular flexibility index (Phi) is 5.18. The predicted molar refractivity (Wildman–Crippen MR) is 88.4 cm³/mol. The fraction of sp³-hybridized carbons (Fsp3) is 0.529. The topological polar surface area (TPSA) is 58.6 Å². The van der Waals surface area contributed by atoms with Crippen molar-refractivity contribution in [3.63, 3.8) is 0 Å². The number of halogens is 1. The summed E-state index contributed by atoms with van der Waals surface area (Å²) in [5, 5.41) is 3.41. The third-order valence-corrected chi connectivity index (χ3v) is 4.84. The second kappa shape index (κ2) is 7.32. The lowest BCUT2D eigenvalue weighted by Gasteiger charge is -2.32. The van der Waals surface area contributed by atoms with Crippen molar-refractivity contribution >= 4 is 29.1 Å². The van der Waals surface area contributed by atoms with Gasteiger partial charge in [0.2, 0.25) is 5.91 Å². The molecule has 6 heteroatoms. The molecule has 2 saturated heterocycles. The van der Waals surface area contributed by atoms with Gasteiger partial charge >= 0.3 is 0 Å². The van der Waals surface area contributed by atoms with Crippen LogP contribution in [0.15, 0.2) is 24.3 Å². The molecule has 2 amide bonds. The van der Waals surface area contributed by atoms with Gasteiger partial charge in [-0.25, -0.2) is 0 Å². The van der Waals surface area contributed by atoms with Gasteiger partial charge in [-0.15, -0.1) is 0 Å². The van der Waals surface area contributed by atoms with Crippen LogP contribution in [0.2, 0.25) is 5.02 Å². The van der Waals surface area contributed by atoms with E-state index in [0.29, 0.717) is 43.2 Å². The number of nitrogens with one attached hydrogen (secondary N) is 1. The Labute approximate surface area is 140 Å². The average molecular weight is 337 g/mol. The number of carbonyl (C=O) groups is 2. The van der Waals surface area contributed by atoms with Gasteiger partial charge in [0.1, 0.15) is 6.10 Å². The van der Waals surface area contributed by atoms with Crippen LogP contribution in [0, 0.1) is 5.92 Å². The monoisotopic (exact) mass is 336 g/mol. The fourth-order valence-electron chi connectivity index (χ4n) is 3.14. The minimum absolute atomic E-state index is 0.0256. The Morgan fingerprint density at radius 2 is 1.91 bits per heavy atom. The molecule has 1 aromatic carbocycles. The molecular weight excluding hydrogens is 316 g/mol.